The van der Waals surface area contributed by atoms with Crippen LogP contribution in [0.4, 0.5) is 11.4 Å². The highest BCUT2D eigenvalue weighted by atomic mass is 32.2. The van der Waals surface area contributed by atoms with E-state index >= 15 is 0 Å². The van der Waals surface area contributed by atoms with Crippen LogP contribution >= 0.6 is 0 Å². The number of nitrogens with zero attached hydrogens (tertiary/aromatic N) is 2. The molecule has 1 aromatic rings. The average molecular weight is 305 g/mol. The minimum Gasteiger partial charge on any atom is -0.321 e. The minimum atomic E-state index is -1.47. The second-order valence-electron chi connectivity index (χ2n) is 5.61. The van der Waals surface area contributed by atoms with E-state index in [1.165, 1.54) is 6.92 Å². The van der Waals surface area contributed by atoms with Crippen molar-refractivity contribution in [2.45, 2.75) is 39.4 Å². The van der Waals surface area contributed by atoms with Gasteiger partial charge in [-0.25, -0.2) is 9.05 Å². The maximum Gasteiger partial charge on any atom is 0.270 e. The maximum atomic E-state index is 12.0. The Morgan fingerprint density at radius 1 is 1.38 bits per heavy atom. The van der Waals surface area contributed by atoms with Gasteiger partial charge in [-0.3, -0.25) is 4.79 Å². The first-order valence-corrected chi connectivity index (χ1v) is 7.52. The van der Waals surface area contributed by atoms with E-state index in [0.29, 0.717) is 11.4 Å². The van der Waals surface area contributed by atoms with Crippen molar-refractivity contribution in [2.24, 2.45) is 4.40 Å². The molecule has 112 valence electrons. The van der Waals surface area contributed by atoms with Crippen molar-refractivity contribution in [2.75, 3.05) is 5.32 Å². The third kappa shape index (κ3) is 4.80. The van der Waals surface area contributed by atoms with Gasteiger partial charge in [-0.15, -0.1) is 0 Å². The molecule has 1 aromatic carbocycles. The van der Waals surface area contributed by atoms with Crippen molar-refractivity contribution in [1.82, 2.24) is 0 Å². The Balaban J connectivity index is 2.87. The van der Waals surface area contributed by atoms with Gasteiger partial charge in [0.25, 0.3) is 5.91 Å². The number of carbonyl (C=O) groups is 1. The molecule has 0 heterocycles. The van der Waals surface area contributed by atoms with Crippen molar-refractivity contribution >= 4 is 34.0 Å². The number of hydrogen-bond acceptors (Lipinski definition) is 2. The van der Waals surface area contributed by atoms with Crippen LogP contribution in [0.1, 0.15) is 33.3 Å². The maximum absolute atomic E-state index is 12.0. The normalized spacial score (nSPS) is 13.4. The van der Waals surface area contributed by atoms with Gasteiger partial charge >= 0.3 is 0 Å². The molecule has 1 rings (SSSR count). The van der Waals surface area contributed by atoms with Crippen LogP contribution in [0.2, 0.25) is 0 Å². The first kappa shape index (κ1) is 17.1. The molecule has 1 atom stereocenters. The molecule has 0 saturated heterocycles. The zero-order valence-corrected chi connectivity index (χ0v) is 13.7. The summed E-state index contributed by atoms with van der Waals surface area (Å²) < 4.78 is 15.3. The molecule has 0 bridgehead atoms. The Labute approximate surface area is 127 Å². The Hall–Kier alpha value is -2.00. The van der Waals surface area contributed by atoms with Crippen molar-refractivity contribution < 1.29 is 9.00 Å². The zero-order chi connectivity index (χ0) is 16.2. The standard InChI is InChI=1S/C15H19N3O2S/c1-10-9-12(7-8-13(10)16-6)17-14(19)11(2)18-21(20)15(3,4)5/h7-9H,1-5H3,(H,17,19)/b18-11+. The fourth-order valence-corrected chi connectivity index (χ4v) is 1.99. The van der Waals surface area contributed by atoms with Gasteiger partial charge in [-0.1, -0.05) is 6.07 Å². The van der Waals surface area contributed by atoms with Gasteiger partial charge in [-0.2, -0.15) is 4.40 Å². The molecule has 1 amide bonds. The molecule has 0 saturated carbocycles. The topological polar surface area (TPSA) is 62.9 Å². The Morgan fingerprint density at radius 3 is 2.48 bits per heavy atom. The van der Waals surface area contributed by atoms with E-state index in [2.05, 4.69) is 14.6 Å². The summed E-state index contributed by atoms with van der Waals surface area (Å²) in [7, 11) is -1.47. The van der Waals surface area contributed by atoms with E-state index in [9.17, 15) is 9.00 Å². The van der Waals surface area contributed by atoms with Gasteiger partial charge in [0.1, 0.15) is 16.7 Å². The quantitative estimate of drug-likeness (QED) is 0.687. The van der Waals surface area contributed by atoms with Gasteiger partial charge < -0.3 is 5.32 Å². The van der Waals surface area contributed by atoms with E-state index in [1.807, 2.05) is 0 Å². The van der Waals surface area contributed by atoms with Crippen LogP contribution in [0, 0.1) is 13.5 Å². The number of aryl methyl sites for hydroxylation is 1. The molecule has 0 spiro atoms. The molecule has 5 nitrogen and oxygen atoms in total. The van der Waals surface area contributed by atoms with Crippen LogP contribution in [-0.4, -0.2) is 20.6 Å². The Kier molecular flexibility index (Phi) is 5.39. The van der Waals surface area contributed by atoms with Crippen LogP contribution in [-0.2, 0) is 15.8 Å². The Bertz CT molecular complexity index is 652. The van der Waals surface area contributed by atoms with Gasteiger partial charge in [0.2, 0.25) is 0 Å². The van der Waals surface area contributed by atoms with E-state index in [0.717, 1.165) is 5.56 Å². The second-order valence-corrected chi connectivity index (χ2v) is 7.51. The molecule has 0 fully saturated rings. The van der Waals surface area contributed by atoms with Crippen molar-refractivity contribution in [3.8, 4) is 0 Å². The highest BCUT2D eigenvalue weighted by molar-refractivity contribution is 7.85. The second kappa shape index (κ2) is 6.64. The summed E-state index contributed by atoms with van der Waals surface area (Å²) in [6, 6.07) is 5.03. The number of amides is 1. The lowest BCUT2D eigenvalue weighted by molar-refractivity contribution is -0.110. The monoisotopic (exact) mass is 305 g/mol. The van der Waals surface area contributed by atoms with Crippen LogP contribution in [0.25, 0.3) is 4.85 Å². The third-order valence-corrected chi connectivity index (χ3v) is 4.13. The van der Waals surface area contributed by atoms with E-state index in [4.69, 9.17) is 6.57 Å². The molecule has 0 aliphatic rings. The van der Waals surface area contributed by atoms with E-state index < -0.39 is 21.6 Å². The summed E-state index contributed by atoms with van der Waals surface area (Å²) in [6.45, 7) is 15.7. The summed E-state index contributed by atoms with van der Waals surface area (Å²) in [5.41, 5.74) is 2.08. The summed E-state index contributed by atoms with van der Waals surface area (Å²) in [5, 5.41) is 2.68. The molecule has 1 N–H and O–H groups in total. The smallest absolute Gasteiger partial charge is 0.270 e. The molecule has 21 heavy (non-hydrogen) atoms. The Morgan fingerprint density at radius 2 is 2.00 bits per heavy atom. The van der Waals surface area contributed by atoms with Gasteiger partial charge in [0.15, 0.2) is 5.69 Å². The molecule has 0 aromatic heterocycles. The fraction of sp³-hybridized carbons (Fsp3) is 0.400. The largest absolute Gasteiger partial charge is 0.321 e. The lowest BCUT2D eigenvalue weighted by atomic mass is 10.2. The van der Waals surface area contributed by atoms with Gasteiger partial charge in [0.05, 0.1) is 11.3 Å². The molecular weight excluding hydrogens is 286 g/mol. The number of benzene rings is 1. The predicted octanol–water partition coefficient (Wildman–Crippen LogP) is 3.41. The molecular formula is C15H19N3O2S. The van der Waals surface area contributed by atoms with Crippen molar-refractivity contribution in [1.29, 1.82) is 0 Å². The number of anilines is 1. The van der Waals surface area contributed by atoms with Crippen molar-refractivity contribution in [3.05, 3.63) is 35.2 Å². The highest BCUT2D eigenvalue weighted by Gasteiger charge is 2.20. The number of hydrogen-bond donors (Lipinski definition) is 1. The van der Waals surface area contributed by atoms with Gasteiger partial charge in [-0.05, 0) is 52.3 Å². The highest BCUT2D eigenvalue weighted by Crippen LogP contribution is 2.22. The molecule has 0 aliphatic heterocycles. The number of rotatable bonds is 3. The average Bonchev–Trinajstić information content (AvgIpc) is 2.37. The van der Waals surface area contributed by atoms with Crippen LogP contribution in [0.15, 0.2) is 22.6 Å². The number of carbonyl (C=O) groups excluding carboxylic acids is 1. The number of nitrogens with one attached hydrogen (secondary N) is 1. The molecule has 1 unspecified atom stereocenters. The van der Waals surface area contributed by atoms with Crippen LogP contribution < -0.4 is 5.32 Å². The van der Waals surface area contributed by atoms with E-state index in [1.54, 1.807) is 45.9 Å². The summed E-state index contributed by atoms with van der Waals surface area (Å²) >= 11 is 0. The minimum absolute atomic E-state index is 0.162. The predicted molar refractivity (Wildman–Crippen MR) is 87.1 cm³/mol. The first-order chi connectivity index (χ1) is 9.65. The molecule has 6 heteroatoms. The zero-order valence-electron chi connectivity index (χ0n) is 12.9. The third-order valence-electron chi connectivity index (χ3n) is 2.65. The van der Waals surface area contributed by atoms with E-state index in [-0.39, 0.29) is 5.71 Å². The molecule has 0 aliphatic carbocycles. The fourth-order valence-electron chi connectivity index (χ4n) is 1.38. The summed E-state index contributed by atoms with van der Waals surface area (Å²) in [5.74, 6) is -0.400. The summed E-state index contributed by atoms with van der Waals surface area (Å²) in [6.07, 6.45) is 0. The van der Waals surface area contributed by atoms with Crippen LogP contribution in [0.5, 0.6) is 0 Å². The van der Waals surface area contributed by atoms with Crippen molar-refractivity contribution in [3.63, 3.8) is 0 Å². The summed E-state index contributed by atoms with van der Waals surface area (Å²) in [4.78, 5) is 15.4. The first-order valence-electron chi connectivity index (χ1n) is 6.42. The van der Waals surface area contributed by atoms with Crippen LogP contribution in [0.3, 0.4) is 0 Å². The molecule has 0 radical (unpaired) electrons. The SMILES string of the molecule is [C-]#[N+]c1ccc(NC(=O)/C(C)=N/S(=O)C(C)(C)C)cc1C. The lowest BCUT2D eigenvalue weighted by Crippen LogP contribution is -2.25. The van der Waals surface area contributed by atoms with Gasteiger partial charge in [0, 0.05) is 5.69 Å². The lowest BCUT2D eigenvalue weighted by Gasteiger charge is -2.14.